The van der Waals surface area contributed by atoms with E-state index in [4.69, 9.17) is 12.2 Å². The molecule has 0 amide bonds. The summed E-state index contributed by atoms with van der Waals surface area (Å²) in [6, 6.07) is 9.40. The molecule has 1 aromatic carbocycles. The quantitative estimate of drug-likeness (QED) is 0.569. The summed E-state index contributed by atoms with van der Waals surface area (Å²) >= 11 is 4.81. The van der Waals surface area contributed by atoms with Gasteiger partial charge in [-0.25, -0.2) is 9.78 Å². The molecule has 25 heavy (non-hydrogen) atoms. The van der Waals surface area contributed by atoms with Gasteiger partial charge in [0.25, 0.3) is 5.82 Å². The van der Waals surface area contributed by atoms with Crippen LogP contribution >= 0.6 is 12.2 Å². The highest BCUT2D eigenvalue weighted by molar-refractivity contribution is 7.71. The second-order valence-corrected chi connectivity index (χ2v) is 5.63. The molecule has 0 unspecified atom stereocenters. The van der Waals surface area contributed by atoms with Crippen LogP contribution in [0, 0.1) is 18.6 Å². The van der Waals surface area contributed by atoms with Gasteiger partial charge in [0.2, 0.25) is 4.77 Å². The van der Waals surface area contributed by atoms with Crippen molar-refractivity contribution >= 4 is 18.4 Å². The van der Waals surface area contributed by atoms with Crippen LogP contribution in [0.4, 0.5) is 13.2 Å². The molecular formula is C15H13F3N6S. The van der Waals surface area contributed by atoms with Crippen LogP contribution in [0.25, 0.3) is 5.69 Å². The van der Waals surface area contributed by atoms with Gasteiger partial charge in [-0.15, -0.1) is 5.10 Å². The number of nitrogens with one attached hydrogen (secondary N) is 1. The SMILES string of the molecule is Cc1nn(-c2ccccc2)c(C)c1/C=N\n1c(C(F)(F)F)n[nH]c1=S. The average molecular weight is 366 g/mol. The van der Waals surface area contributed by atoms with E-state index in [9.17, 15) is 13.2 Å². The number of aromatic amines is 1. The van der Waals surface area contributed by atoms with Crippen molar-refractivity contribution in [3.63, 3.8) is 0 Å². The lowest BCUT2D eigenvalue weighted by molar-refractivity contribution is -0.147. The summed E-state index contributed by atoms with van der Waals surface area (Å²) in [5.74, 6) is -1.21. The Hall–Kier alpha value is -2.75. The smallest absolute Gasteiger partial charge is 0.250 e. The Morgan fingerprint density at radius 1 is 1.20 bits per heavy atom. The Labute approximate surface area is 145 Å². The maximum absolute atomic E-state index is 12.9. The fraction of sp³-hybridized carbons (Fsp3) is 0.200. The summed E-state index contributed by atoms with van der Waals surface area (Å²) in [4.78, 5) is 0. The molecule has 130 valence electrons. The van der Waals surface area contributed by atoms with E-state index >= 15 is 0 Å². The Balaban J connectivity index is 2.03. The molecule has 0 atom stereocenters. The molecule has 0 aliphatic carbocycles. The molecule has 3 aromatic rings. The Morgan fingerprint density at radius 2 is 1.88 bits per heavy atom. The van der Waals surface area contributed by atoms with E-state index in [1.54, 1.807) is 11.6 Å². The lowest BCUT2D eigenvalue weighted by atomic mass is 10.2. The molecule has 0 radical (unpaired) electrons. The van der Waals surface area contributed by atoms with Gasteiger partial charge < -0.3 is 0 Å². The minimum Gasteiger partial charge on any atom is -0.250 e. The highest BCUT2D eigenvalue weighted by Gasteiger charge is 2.37. The highest BCUT2D eigenvalue weighted by Crippen LogP contribution is 2.27. The van der Waals surface area contributed by atoms with E-state index in [1.807, 2.05) is 37.3 Å². The molecule has 0 fully saturated rings. The first-order valence-corrected chi connectivity index (χ1v) is 7.60. The van der Waals surface area contributed by atoms with Crippen LogP contribution in [0.1, 0.15) is 22.8 Å². The maximum Gasteiger partial charge on any atom is 0.453 e. The molecule has 10 heteroatoms. The number of benzene rings is 1. The third kappa shape index (κ3) is 3.25. The topological polar surface area (TPSA) is 63.8 Å². The van der Waals surface area contributed by atoms with Crippen molar-refractivity contribution in [1.29, 1.82) is 0 Å². The first-order valence-electron chi connectivity index (χ1n) is 7.19. The normalized spacial score (nSPS) is 12.2. The summed E-state index contributed by atoms with van der Waals surface area (Å²) in [7, 11) is 0. The summed E-state index contributed by atoms with van der Waals surface area (Å²) in [5, 5.41) is 13.6. The Morgan fingerprint density at radius 3 is 2.52 bits per heavy atom. The zero-order valence-corrected chi connectivity index (χ0v) is 14.1. The van der Waals surface area contributed by atoms with Gasteiger partial charge in [0, 0.05) is 5.56 Å². The second-order valence-electron chi connectivity index (χ2n) is 5.24. The Kier molecular flexibility index (Phi) is 4.29. The van der Waals surface area contributed by atoms with Gasteiger partial charge in [0.05, 0.1) is 23.3 Å². The van der Waals surface area contributed by atoms with Gasteiger partial charge >= 0.3 is 6.18 Å². The lowest BCUT2D eigenvalue weighted by Gasteiger charge is -2.04. The van der Waals surface area contributed by atoms with Gasteiger partial charge in [-0.2, -0.15) is 28.0 Å². The fourth-order valence-electron chi connectivity index (χ4n) is 2.36. The number of H-pyrrole nitrogens is 1. The molecular weight excluding hydrogens is 353 g/mol. The van der Waals surface area contributed by atoms with E-state index < -0.39 is 12.0 Å². The molecule has 0 saturated carbocycles. The monoisotopic (exact) mass is 366 g/mol. The molecule has 0 saturated heterocycles. The number of aryl methyl sites for hydroxylation is 1. The number of para-hydroxylation sites is 1. The molecule has 3 rings (SSSR count). The predicted octanol–water partition coefficient (Wildman–Crippen LogP) is 3.64. The van der Waals surface area contributed by atoms with Crippen LogP contribution in [-0.4, -0.2) is 30.9 Å². The first kappa shape index (κ1) is 17.1. The number of aromatic nitrogens is 5. The molecule has 2 heterocycles. The number of nitrogens with zero attached hydrogens (tertiary/aromatic N) is 5. The Bertz CT molecular complexity index is 981. The first-order chi connectivity index (χ1) is 11.8. The van der Waals surface area contributed by atoms with Gasteiger partial charge in [-0.1, -0.05) is 18.2 Å². The van der Waals surface area contributed by atoms with Crippen molar-refractivity contribution in [2.45, 2.75) is 20.0 Å². The van der Waals surface area contributed by atoms with Crippen molar-refractivity contribution in [3.8, 4) is 5.69 Å². The molecule has 1 N–H and O–H groups in total. The third-order valence-electron chi connectivity index (χ3n) is 3.55. The van der Waals surface area contributed by atoms with Gasteiger partial charge in [0.1, 0.15) is 0 Å². The number of alkyl halides is 3. The van der Waals surface area contributed by atoms with Crippen LogP contribution in [0.5, 0.6) is 0 Å². The second kappa shape index (κ2) is 6.28. The summed E-state index contributed by atoms with van der Waals surface area (Å²) in [5.41, 5.74) is 2.84. The average Bonchev–Trinajstić information content (AvgIpc) is 3.07. The van der Waals surface area contributed by atoms with Gasteiger partial charge in [-0.05, 0) is 38.2 Å². The minimum atomic E-state index is -4.66. The molecule has 0 aliphatic rings. The standard InChI is InChI=1S/C15H13F3N6S/c1-9-12(10(2)23(22-9)11-6-4-3-5-7-11)8-19-24-13(15(16,17)18)20-21-14(24)25/h3-8H,1-2H3,(H,21,25)/b19-8-. The fourth-order valence-corrected chi connectivity index (χ4v) is 2.54. The number of rotatable bonds is 3. The summed E-state index contributed by atoms with van der Waals surface area (Å²) in [6.07, 6.45) is -3.36. The predicted molar refractivity (Wildman–Crippen MR) is 88.4 cm³/mol. The van der Waals surface area contributed by atoms with E-state index in [1.165, 1.54) is 6.21 Å². The zero-order chi connectivity index (χ0) is 18.2. The summed E-state index contributed by atoms with van der Waals surface area (Å²) < 4.78 is 40.8. The van der Waals surface area contributed by atoms with Crippen LogP contribution in [0.2, 0.25) is 0 Å². The van der Waals surface area contributed by atoms with Crippen LogP contribution in [-0.2, 0) is 6.18 Å². The third-order valence-corrected chi connectivity index (χ3v) is 3.82. The van der Waals surface area contributed by atoms with E-state index in [-0.39, 0.29) is 4.77 Å². The molecule has 0 aliphatic heterocycles. The van der Waals surface area contributed by atoms with E-state index in [0.717, 1.165) is 11.4 Å². The molecule has 6 nitrogen and oxygen atoms in total. The number of hydrogen-bond acceptors (Lipinski definition) is 4. The largest absolute Gasteiger partial charge is 0.453 e. The summed E-state index contributed by atoms with van der Waals surface area (Å²) in [6.45, 7) is 3.57. The lowest BCUT2D eigenvalue weighted by Crippen LogP contribution is -2.13. The molecule has 0 spiro atoms. The highest BCUT2D eigenvalue weighted by atomic mass is 32.1. The van der Waals surface area contributed by atoms with Crippen molar-refractivity contribution in [3.05, 3.63) is 57.9 Å². The number of hydrogen-bond donors (Lipinski definition) is 1. The van der Waals surface area contributed by atoms with Crippen molar-refractivity contribution in [2.75, 3.05) is 0 Å². The van der Waals surface area contributed by atoms with Crippen LogP contribution < -0.4 is 0 Å². The van der Waals surface area contributed by atoms with Crippen molar-refractivity contribution in [2.24, 2.45) is 5.10 Å². The van der Waals surface area contributed by atoms with E-state index in [2.05, 4.69) is 20.4 Å². The van der Waals surface area contributed by atoms with Crippen molar-refractivity contribution < 1.29 is 13.2 Å². The van der Waals surface area contributed by atoms with Crippen LogP contribution in [0.15, 0.2) is 35.4 Å². The van der Waals surface area contributed by atoms with Gasteiger partial charge in [-0.3, -0.25) is 0 Å². The molecule has 0 bridgehead atoms. The minimum absolute atomic E-state index is 0.241. The van der Waals surface area contributed by atoms with E-state index in [0.29, 0.717) is 15.9 Å². The van der Waals surface area contributed by atoms with Crippen LogP contribution in [0.3, 0.4) is 0 Å². The van der Waals surface area contributed by atoms with Crippen molar-refractivity contribution in [1.82, 2.24) is 24.7 Å². The molecule has 2 aromatic heterocycles. The number of halogens is 3. The van der Waals surface area contributed by atoms with Gasteiger partial charge in [0.15, 0.2) is 0 Å². The maximum atomic E-state index is 12.9. The zero-order valence-electron chi connectivity index (χ0n) is 13.2.